The molecule has 6 nitrogen and oxygen atoms in total. The summed E-state index contributed by atoms with van der Waals surface area (Å²) in [6.07, 6.45) is 1.27. The first kappa shape index (κ1) is 15.6. The van der Waals surface area contributed by atoms with E-state index < -0.39 is 5.54 Å². The second kappa shape index (κ2) is 5.70. The number of carbonyl (C=O) groups is 2. The Morgan fingerprint density at radius 2 is 2.00 bits per heavy atom. The molecule has 1 aliphatic rings. The number of para-hydroxylation sites is 1. The van der Waals surface area contributed by atoms with Crippen LogP contribution in [0.15, 0.2) is 30.3 Å². The zero-order valence-corrected chi connectivity index (χ0v) is 13.6. The lowest BCUT2D eigenvalue weighted by molar-refractivity contribution is -0.123. The number of halogens is 1. The van der Waals surface area contributed by atoms with Crippen molar-refractivity contribution < 1.29 is 9.59 Å². The van der Waals surface area contributed by atoms with E-state index in [0.717, 1.165) is 0 Å². The molecule has 0 saturated heterocycles. The molecule has 0 spiro atoms. The second-order valence-corrected chi connectivity index (χ2v) is 6.06. The standard InChI is InChI=1S/C16H17ClN4O2/c1-10-9-13(14(22)19-16(7-8-16)15(23)18-2)21(20-10)12-6-4-3-5-11(12)17/h3-6,9H,7-8H2,1-2H3,(H,18,23)(H,19,22). The first-order chi connectivity index (χ1) is 11.0. The van der Waals surface area contributed by atoms with Crippen LogP contribution in [-0.4, -0.2) is 34.2 Å². The zero-order valence-electron chi connectivity index (χ0n) is 12.9. The van der Waals surface area contributed by atoms with Crippen LogP contribution in [0.3, 0.4) is 0 Å². The Labute approximate surface area is 138 Å². The summed E-state index contributed by atoms with van der Waals surface area (Å²) in [5.41, 5.74) is 0.873. The summed E-state index contributed by atoms with van der Waals surface area (Å²) in [6, 6.07) is 8.85. The SMILES string of the molecule is CNC(=O)C1(NC(=O)c2cc(C)nn2-c2ccccc2Cl)CC1. The summed E-state index contributed by atoms with van der Waals surface area (Å²) in [4.78, 5) is 24.6. The Bertz CT molecular complexity index is 780. The largest absolute Gasteiger partial charge is 0.357 e. The monoisotopic (exact) mass is 332 g/mol. The molecule has 0 radical (unpaired) electrons. The number of aryl methyl sites for hydroxylation is 1. The van der Waals surface area contributed by atoms with Crippen LogP contribution in [0.2, 0.25) is 5.02 Å². The molecule has 0 atom stereocenters. The number of carbonyl (C=O) groups excluding carboxylic acids is 2. The van der Waals surface area contributed by atoms with Crippen LogP contribution in [0, 0.1) is 6.92 Å². The fraction of sp³-hybridized carbons (Fsp3) is 0.312. The van der Waals surface area contributed by atoms with Crippen molar-refractivity contribution in [3.05, 3.63) is 46.7 Å². The van der Waals surface area contributed by atoms with Gasteiger partial charge in [0.1, 0.15) is 11.2 Å². The lowest BCUT2D eigenvalue weighted by Crippen LogP contribution is -2.48. The Kier molecular flexibility index (Phi) is 3.85. The summed E-state index contributed by atoms with van der Waals surface area (Å²) >= 11 is 6.21. The highest BCUT2D eigenvalue weighted by atomic mass is 35.5. The van der Waals surface area contributed by atoms with Gasteiger partial charge in [-0.1, -0.05) is 23.7 Å². The van der Waals surface area contributed by atoms with Gasteiger partial charge in [-0.2, -0.15) is 5.10 Å². The molecule has 23 heavy (non-hydrogen) atoms. The van der Waals surface area contributed by atoms with Crippen molar-refractivity contribution in [1.29, 1.82) is 0 Å². The Morgan fingerprint density at radius 1 is 1.30 bits per heavy atom. The van der Waals surface area contributed by atoms with Gasteiger partial charge in [0.15, 0.2) is 0 Å². The molecule has 2 aromatic rings. The molecule has 0 bridgehead atoms. The number of nitrogens with one attached hydrogen (secondary N) is 2. The fourth-order valence-electron chi connectivity index (χ4n) is 2.52. The number of hydrogen-bond acceptors (Lipinski definition) is 3. The van der Waals surface area contributed by atoms with Crippen LogP contribution in [0.25, 0.3) is 5.69 Å². The number of benzene rings is 1. The van der Waals surface area contributed by atoms with E-state index in [1.165, 1.54) is 4.68 Å². The molecule has 1 saturated carbocycles. The van der Waals surface area contributed by atoms with Crippen molar-refractivity contribution in [2.24, 2.45) is 0 Å². The molecule has 120 valence electrons. The highest BCUT2D eigenvalue weighted by Crippen LogP contribution is 2.36. The minimum absolute atomic E-state index is 0.175. The normalized spacial score (nSPS) is 15.1. The van der Waals surface area contributed by atoms with E-state index in [9.17, 15) is 9.59 Å². The maximum atomic E-state index is 12.6. The zero-order chi connectivity index (χ0) is 16.6. The van der Waals surface area contributed by atoms with Gasteiger partial charge in [-0.3, -0.25) is 9.59 Å². The van der Waals surface area contributed by atoms with Gasteiger partial charge in [0, 0.05) is 7.05 Å². The molecule has 2 amide bonds. The van der Waals surface area contributed by atoms with E-state index in [0.29, 0.717) is 34.9 Å². The van der Waals surface area contributed by atoms with Gasteiger partial charge in [0.25, 0.3) is 5.91 Å². The first-order valence-electron chi connectivity index (χ1n) is 7.33. The smallest absolute Gasteiger partial charge is 0.270 e. The van der Waals surface area contributed by atoms with Crippen LogP contribution in [0.5, 0.6) is 0 Å². The van der Waals surface area contributed by atoms with E-state index in [-0.39, 0.29) is 11.8 Å². The van der Waals surface area contributed by atoms with Gasteiger partial charge >= 0.3 is 0 Å². The molecule has 2 N–H and O–H groups in total. The highest BCUT2D eigenvalue weighted by molar-refractivity contribution is 6.32. The third-order valence-electron chi connectivity index (χ3n) is 3.91. The van der Waals surface area contributed by atoms with E-state index in [2.05, 4.69) is 15.7 Å². The molecule has 0 aliphatic heterocycles. The van der Waals surface area contributed by atoms with Crippen LogP contribution in [-0.2, 0) is 4.79 Å². The molecular formula is C16H17ClN4O2. The van der Waals surface area contributed by atoms with Gasteiger partial charge in [0.2, 0.25) is 5.91 Å². The average molecular weight is 333 g/mol. The molecule has 3 rings (SSSR count). The van der Waals surface area contributed by atoms with Gasteiger partial charge in [0.05, 0.1) is 16.4 Å². The lowest BCUT2D eigenvalue weighted by atomic mass is 10.2. The molecule has 1 fully saturated rings. The predicted molar refractivity (Wildman–Crippen MR) is 86.8 cm³/mol. The predicted octanol–water partition coefficient (Wildman–Crippen LogP) is 1.84. The fourth-order valence-corrected chi connectivity index (χ4v) is 2.74. The number of aromatic nitrogens is 2. The summed E-state index contributed by atoms with van der Waals surface area (Å²) in [5.74, 6) is -0.516. The topological polar surface area (TPSA) is 76.0 Å². The van der Waals surface area contributed by atoms with Crippen molar-refractivity contribution >= 4 is 23.4 Å². The summed E-state index contributed by atoms with van der Waals surface area (Å²) < 4.78 is 1.51. The van der Waals surface area contributed by atoms with Crippen molar-refractivity contribution in [3.63, 3.8) is 0 Å². The van der Waals surface area contributed by atoms with Gasteiger partial charge < -0.3 is 10.6 Å². The number of likely N-dealkylation sites (N-methyl/N-ethyl adjacent to an activating group) is 1. The quantitative estimate of drug-likeness (QED) is 0.897. The molecule has 0 unspecified atom stereocenters. The van der Waals surface area contributed by atoms with Gasteiger partial charge in [-0.25, -0.2) is 4.68 Å². The van der Waals surface area contributed by atoms with Crippen LogP contribution >= 0.6 is 11.6 Å². The minimum atomic E-state index is -0.796. The molecule has 7 heteroatoms. The Balaban J connectivity index is 1.94. The average Bonchev–Trinajstić information content (AvgIpc) is 3.21. The van der Waals surface area contributed by atoms with Crippen LogP contribution < -0.4 is 10.6 Å². The third kappa shape index (κ3) is 2.82. The van der Waals surface area contributed by atoms with Crippen molar-refractivity contribution in [3.8, 4) is 5.69 Å². The minimum Gasteiger partial charge on any atom is -0.357 e. The van der Waals surface area contributed by atoms with Crippen molar-refractivity contribution in [2.75, 3.05) is 7.05 Å². The molecule has 1 aromatic carbocycles. The van der Waals surface area contributed by atoms with E-state index in [1.54, 1.807) is 32.2 Å². The maximum absolute atomic E-state index is 12.6. The molecule has 1 aromatic heterocycles. The number of nitrogens with zero attached hydrogens (tertiary/aromatic N) is 2. The van der Waals surface area contributed by atoms with Gasteiger partial charge in [-0.05, 0) is 38.0 Å². The summed E-state index contributed by atoms with van der Waals surface area (Å²) in [5, 5.41) is 10.3. The number of amides is 2. The second-order valence-electron chi connectivity index (χ2n) is 5.65. The van der Waals surface area contributed by atoms with Crippen LogP contribution in [0.4, 0.5) is 0 Å². The Hall–Kier alpha value is -2.34. The molecule has 1 aliphatic carbocycles. The summed E-state index contributed by atoms with van der Waals surface area (Å²) in [7, 11) is 1.56. The molecular weight excluding hydrogens is 316 g/mol. The van der Waals surface area contributed by atoms with Crippen molar-refractivity contribution in [2.45, 2.75) is 25.3 Å². The van der Waals surface area contributed by atoms with E-state index in [1.807, 2.05) is 12.1 Å². The molecule has 1 heterocycles. The highest BCUT2D eigenvalue weighted by Gasteiger charge is 2.51. The van der Waals surface area contributed by atoms with Crippen LogP contribution in [0.1, 0.15) is 29.0 Å². The third-order valence-corrected chi connectivity index (χ3v) is 4.23. The summed E-state index contributed by atoms with van der Waals surface area (Å²) in [6.45, 7) is 1.80. The van der Waals surface area contributed by atoms with Gasteiger partial charge in [-0.15, -0.1) is 0 Å². The number of hydrogen-bond donors (Lipinski definition) is 2. The van der Waals surface area contributed by atoms with E-state index >= 15 is 0 Å². The Morgan fingerprint density at radius 3 is 2.61 bits per heavy atom. The van der Waals surface area contributed by atoms with Crippen molar-refractivity contribution in [1.82, 2.24) is 20.4 Å². The lowest BCUT2D eigenvalue weighted by Gasteiger charge is -2.16. The number of rotatable bonds is 4. The maximum Gasteiger partial charge on any atom is 0.270 e. The van der Waals surface area contributed by atoms with E-state index in [4.69, 9.17) is 11.6 Å². The first-order valence-corrected chi connectivity index (χ1v) is 7.71.